The van der Waals surface area contributed by atoms with Crippen LogP contribution in [0.4, 0.5) is 5.69 Å². The number of rotatable bonds is 4. The van der Waals surface area contributed by atoms with Gasteiger partial charge in [-0.3, -0.25) is 4.98 Å². The van der Waals surface area contributed by atoms with Crippen LogP contribution in [0.2, 0.25) is 5.02 Å². The van der Waals surface area contributed by atoms with E-state index in [2.05, 4.69) is 44.2 Å². The predicted octanol–water partition coefficient (Wildman–Crippen LogP) is 5.83. The van der Waals surface area contributed by atoms with Crippen LogP contribution in [-0.2, 0) is 0 Å². The number of thiocarbonyl (C=S) groups is 1. The highest BCUT2D eigenvalue weighted by Gasteiger charge is 2.42. The van der Waals surface area contributed by atoms with Gasteiger partial charge in [0, 0.05) is 34.8 Å². The molecule has 2 fully saturated rings. The van der Waals surface area contributed by atoms with Crippen LogP contribution in [0.3, 0.4) is 0 Å². The lowest BCUT2D eigenvalue weighted by Gasteiger charge is -2.30. The minimum Gasteiger partial charge on any atom is -0.351 e. The van der Waals surface area contributed by atoms with Gasteiger partial charge in [-0.1, -0.05) is 30.5 Å². The molecular formula is C23H23ClN4S. The molecule has 3 heterocycles. The maximum atomic E-state index is 6.15. The third-order valence-corrected chi connectivity index (χ3v) is 6.60. The number of hydrogen-bond donors (Lipinski definition) is 1. The van der Waals surface area contributed by atoms with Crippen molar-refractivity contribution in [1.29, 1.82) is 0 Å². The van der Waals surface area contributed by atoms with Crippen molar-refractivity contribution >= 4 is 34.6 Å². The first-order valence-electron chi connectivity index (χ1n) is 10.2. The summed E-state index contributed by atoms with van der Waals surface area (Å²) >= 11 is 12.0. The quantitative estimate of drug-likeness (QED) is 0.536. The molecule has 6 heteroatoms. The molecule has 1 aliphatic carbocycles. The first kappa shape index (κ1) is 18.6. The molecule has 0 bridgehead atoms. The Morgan fingerprint density at radius 3 is 2.52 bits per heavy atom. The maximum absolute atomic E-state index is 6.15. The summed E-state index contributed by atoms with van der Waals surface area (Å²) in [4.78, 5) is 6.86. The van der Waals surface area contributed by atoms with Crippen molar-refractivity contribution in [2.75, 3.05) is 4.90 Å². The van der Waals surface area contributed by atoms with E-state index in [1.54, 1.807) is 0 Å². The molecule has 0 unspecified atom stereocenters. The lowest BCUT2D eigenvalue weighted by Crippen LogP contribution is -2.30. The first-order valence-corrected chi connectivity index (χ1v) is 10.9. The van der Waals surface area contributed by atoms with Crippen LogP contribution in [0, 0.1) is 0 Å². The van der Waals surface area contributed by atoms with E-state index in [0.29, 0.717) is 11.2 Å². The second kappa shape index (κ2) is 7.81. The van der Waals surface area contributed by atoms with Crippen molar-refractivity contribution in [3.05, 3.63) is 83.4 Å². The molecule has 2 aromatic heterocycles. The summed E-state index contributed by atoms with van der Waals surface area (Å²) in [7, 11) is 0. The third-order valence-electron chi connectivity index (χ3n) is 6.04. The van der Waals surface area contributed by atoms with Gasteiger partial charge in [-0.2, -0.15) is 0 Å². The average molecular weight is 423 g/mol. The highest BCUT2D eigenvalue weighted by molar-refractivity contribution is 7.80. The molecule has 0 radical (unpaired) electrons. The minimum absolute atomic E-state index is 0.0190. The summed E-state index contributed by atoms with van der Waals surface area (Å²) in [6.07, 6.45) is 9.14. The molecule has 2 aliphatic rings. The molecule has 148 valence electrons. The summed E-state index contributed by atoms with van der Waals surface area (Å²) in [5.41, 5.74) is 3.31. The van der Waals surface area contributed by atoms with Crippen molar-refractivity contribution in [2.45, 2.75) is 43.8 Å². The smallest absolute Gasteiger partial charge is 0.174 e. The number of halogens is 1. The number of nitrogens with one attached hydrogen (secondary N) is 1. The summed E-state index contributed by atoms with van der Waals surface area (Å²) in [6, 6.07) is 18.9. The Hall–Kier alpha value is -2.37. The molecule has 1 N–H and O–H groups in total. The molecule has 2 atom stereocenters. The number of aromatic nitrogens is 2. The molecular weight excluding hydrogens is 400 g/mol. The lowest BCUT2D eigenvalue weighted by molar-refractivity contribution is 0.461. The fourth-order valence-electron chi connectivity index (χ4n) is 4.71. The van der Waals surface area contributed by atoms with Crippen LogP contribution in [-0.4, -0.2) is 14.7 Å². The second-order valence-corrected chi connectivity index (χ2v) is 8.57. The van der Waals surface area contributed by atoms with Gasteiger partial charge in [0.2, 0.25) is 0 Å². The summed E-state index contributed by atoms with van der Waals surface area (Å²) in [5, 5.41) is 4.97. The molecule has 29 heavy (non-hydrogen) atoms. The van der Waals surface area contributed by atoms with E-state index in [1.807, 2.05) is 42.6 Å². The molecule has 1 aromatic carbocycles. The number of benzene rings is 1. The number of anilines is 1. The second-order valence-electron chi connectivity index (χ2n) is 7.75. The monoisotopic (exact) mass is 422 g/mol. The first-order chi connectivity index (χ1) is 14.2. The normalized spacial score (nSPS) is 22.2. The zero-order valence-corrected chi connectivity index (χ0v) is 17.6. The zero-order valence-electron chi connectivity index (χ0n) is 16.0. The largest absolute Gasteiger partial charge is 0.351 e. The summed E-state index contributed by atoms with van der Waals surface area (Å²) in [5.74, 6) is 0. The van der Waals surface area contributed by atoms with E-state index in [0.717, 1.165) is 16.4 Å². The SMILES string of the molecule is S=C1N[C@H](c2ccccn2)[C@H](c2cccn2C2CCCC2)N1c1ccc(Cl)cc1. The van der Waals surface area contributed by atoms with E-state index < -0.39 is 0 Å². The zero-order chi connectivity index (χ0) is 19.8. The Labute approximate surface area is 181 Å². The Kier molecular flexibility index (Phi) is 5.02. The fourth-order valence-corrected chi connectivity index (χ4v) is 5.18. The highest BCUT2D eigenvalue weighted by atomic mass is 35.5. The fraction of sp³-hybridized carbons (Fsp3) is 0.304. The van der Waals surface area contributed by atoms with Gasteiger partial charge in [0.15, 0.2) is 5.11 Å². The number of nitrogens with zero attached hydrogens (tertiary/aromatic N) is 3. The Morgan fingerprint density at radius 1 is 1.00 bits per heavy atom. The maximum Gasteiger partial charge on any atom is 0.174 e. The molecule has 1 aliphatic heterocycles. The van der Waals surface area contributed by atoms with Gasteiger partial charge in [-0.15, -0.1) is 0 Å². The van der Waals surface area contributed by atoms with E-state index in [1.165, 1.54) is 31.4 Å². The Morgan fingerprint density at radius 2 is 1.79 bits per heavy atom. The average Bonchev–Trinajstić information content (AvgIpc) is 3.48. The minimum atomic E-state index is -0.0190. The highest BCUT2D eigenvalue weighted by Crippen LogP contribution is 2.43. The summed E-state index contributed by atoms with van der Waals surface area (Å²) < 4.78 is 2.46. The van der Waals surface area contributed by atoms with E-state index >= 15 is 0 Å². The van der Waals surface area contributed by atoms with Gasteiger partial charge in [0.1, 0.15) is 6.04 Å². The number of hydrogen-bond acceptors (Lipinski definition) is 2. The van der Waals surface area contributed by atoms with Crippen molar-refractivity contribution in [3.8, 4) is 0 Å². The van der Waals surface area contributed by atoms with Crippen molar-refractivity contribution in [1.82, 2.24) is 14.9 Å². The van der Waals surface area contributed by atoms with Crippen LogP contribution >= 0.6 is 23.8 Å². The molecule has 1 saturated carbocycles. The van der Waals surface area contributed by atoms with Crippen LogP contribution in [0.25, 0.3) is 0 Å². The third kappa shape index (κ3) is 3.43. The predicted molar refractivity (Wildman–Crippen MR) is 121 cm³/mol. The van der Waals surface area contributed by atoms with Gasteiger partial charge in [-0.05, 0) is 73.6 Å². The number of pyridine rings is 1. The van der Waals surface area contributed by atoms with Crippen LogP contribution in [0.15, 0.2) is 67.0 Å². The molecule has 5 rings (SSSR count). The van der Waals surface area contributed by atoms with Gasteiger partial charge >= 0.3 is 0 Å². The topological polar surface area (TPSA) is 33.1 Å². The summed E-state index contributed by atoms with van der Waals surface area (Å²) in [6.45, 7) is 0. The van der Waals surface area contributed by atoms with Gasteiger partial charge in [-0.25, -0.2) is 0 Å². The lowest BCUT2D eigenvalue weighted by atomic mass is 10.0. The molecule has 0 amide bonds. The molecule has 3 aromatic rings. The van der Waals surface area contributed by atoms with Crippen LogP contribution in [0.5, 0.6) is 0 Å². The molecule has 0 spiro atoms. The standard InChI is InChI=1S/C23H23ClN4S/c24-16-10-12-18(13-11-16)28-22(20-9-5-15-27(20)17-6-1-2-7-17)21(26-23(28)29)19-8-3-4-14-25-19/h3-5,8-15,17,21-22H,1-2,6-7H2,(H,26,29)/t21-,22+/m1/s1. The van der Waals surface area contributed by atoms with Crippen LogP contribution < -0.4 is 10.2 Å². The van der Waals surface area contributed by atoms with E-state index in [-0.39, 0.29) is 12.1 Å². The van der Waals surface area contributed by atoms with E-state index in [9.17, 15) is 0 Å². The molecule has 1 saturated heterocycles. The van der Waals surface area contributed by atoms with Crippen molar-refractivity contribution in [2.24, 2.45) is 0 Å². The van der Waals surface area contributed by atoms with E-state index in [4.69, 9.17) is 23.8 Å². The van der Waals surface area contributed by atoms with Gasteiger partial charge < -0.3 is 14.8 Å². The Balaban J connectivity index is 1.62. The van der Waals surface area contributed by atoms with Crippen molar-refractivity contribution in [3.63, 3.8) is 0 Å². The molecule has 4 nitrogen and oxygen atoms in total. The van der Waals surface area contributed by atoms with Gasteiger partial charge in [0.05, 0.1) is 11.7 Å². The van der Waals surface area contributed by atoms with Gasteiger partial charge in [0.25, 0.3) is 0 Å². The van der Waals surface area contributed by atoms with Crippen molar-refractivity contribution < 1.29 is 0 Å². The van der Waals surface area contributed by atoms with Crippen LogP contribution in [0.1, 0.15) is 55.2 Å². The Bertz CT molecular complexity index is 995.